The Bertz CT molecular complexity index is 341. The molecule has 1 aromatic heterocycles. The van der Waals surface area contributed by atoms with Gasteiger partial charge in [0.15, 0.2) is 0 Å². The van der Waals surface area contributed by atoms with Crippen LogP contribution in [0.15, 0.2) is 0 Å². The molecule has 0 aromatic carbocycles. The zero-order valence-corrected chi connectivity index (χ0v) is 9.80. The second-order valence-corrected chi connectivity index (χ2v) is 4.37. The van der Waals surface area contributed by atoms with E-state index in [9.17, 15) is 0 Å². The Labute approximate surface area is 91.1 Å². The van der Waals surface area contributed by atoms with Crippen molar-refractivity contribution >= 4 is 0 Å². The summed E-state index contributed by atoms with van der Waals surface area (Å²) in [7, 11) is 1.99. The standard InChI is InChI=1S/C11H20N4/c1-8(2)15-11(7-12-3)9-4-5-13-6-10(9)14-15/h8,12-13H,4-7H2,1-3H3. The van der Waals surface area contributed by atoms with Crippen molar-refractivity contribution in [2.45, 2.75) is 39.4 Å². The molecule has 0 saturated carbocycles. The van der Waals surface area contributed by atoms with E-state index in [0.717, 1.165) is 26.1 Å². The number of nitrogens with one attached hydrogen (secondary N) is 2. The number of aromatic nitrogens is 2. The predicted molar refractivity (Wildman–Crippen MR) is 60.8 cm³/mol. The Morgan fingerprint density at radius 2 is 2.33 bits per heavy atom. The van der Waals surface area contributed by atoms with Gasteiger partial charge in [-0.05, 0) is 33.9 Å². The summed E-state index contributed by atoms with van der Waals surface area (Å²) in [6.07, 6.45) is 1.11. The van der Waals surface area contributed by atoms with Gasteiger partial charge < -0.3 is 10.6 Å². The van der Waals surface area contributed by atoms with E-state index in [2.05, 4.69) is 34.3 Å². The highest BCUT2D eigenvalue weighted by atomic mass is 15.3. The fourth-order valence-corrected chi connectivity index (χ4v) is 2.19. The number of hydrogen-bond acceptors (Lipinski definition) is 3. The van der Waals surface area contributed by atoms with Crippen LogP contribution < -0.4 is 10.6 Å². The first kappa shape index (κ1) is 10.6. The molecule has 0 fully saturated rings. The van der Waals surface area contributed by atoms with Gasteiger partial charge in [0.25, 0.3) is 0 Å². The van der Waals surface area contributed by atoms with Crippen molar-refractivity contribution in [1.82, 2.24) is 20.4 Å². The Morgan fingerprint density at radius 3 is 3.00 bits per heavy atom. The maximum atomic E-state index is 4.68. The van der Waals surface area contributed by atoms with Crippen molar-refractivity contribution in [3.63, 3.8) is 0 Å². The number of fused-ring (bicyclic) bond motifs is 1. The molecule has 0 amide bonds. The molecule has 0 spiro atoms. The first-order chi connectivity index (χ1) is 7.24. The molecule has 2 N–H and O–H groups in total. The summed E-state index contributed by atoms with van der Waals surface area (Å²) in [5, 5.41) is 11.3. The summed E-state index contributed by atoms with van der Waals surface area (Å²) in [6.45, 7) is 7.29. The third-order valence-corrected chi connectivity index (χ3v) is 2.88. The first-order valence-electron chi connectivity index (χ1n) is 5.68. The monoisotopic (exact) mass is 208 g/mol. The van der Waals surface area contributed by atoms with Crippen molar-refractivity contribution in [3.05, 3.63) is 17.0 Å². The van der Waals surface area contributed by atoms with Crippen LogP contribution in [0.25, 0.3) is 0 Å². The highest BCUT2D eigenvalue weighted by Crippen LogP contribution is 2.21. The first-order valence-corrected chi connectivity index (χ1v) is 5.68. The molecule has 1 aliphatic heterocycles. The van der Waals surface area contributed by atoms with Gasteiger partial charge in [0, 0.05) is 24.7 Å². The lowest BCUT2D eigenvalue weighted by Crippen LogP contribution is -2.24. The Kier molecular flexibility index (Phi) is 3.07. The van der Waals surface area contributed by atoms with E-state index in [1.165, 1.54) is 17.0 Å². The molecule has 1 aromatic rings. The quantitative estimate of drug-likeness (QED) is 0.773. The smallest absolute Gasteiger partial charge is 0.0798 e. The van der Waals surface area contributed by atoms with Crippen molar-refractivity contribution in [3.8, 4) is 0 Å². The molecule has 0 aliphatic carbocycles. The van der Waals surface area contributed by atoms with Gasteiger partial charge >= 0.3 is 0 Å². The highest BCUT2D eigenvalue weighted by Gasteiger charge is 2.20. The van der Waals surface area contributed by atoms with Crippen LogP contribution in [0.3, 0.4) is 0 Å². The van der Waals surface area contributed by atoms with E-state index < -0.39 is 0 Å². The molecule has 15 heavy (non-hydrogen) atoms. The van der Waals surface area contributed by atoms with Crippen molar-refractivity contribution in [2.75, 3.05) is 13.6 Å². The van der Waals surface area contributed by atoms with E-state index >= 15 is 0 Å². The Morgan fingerprint density at radius 1 is 1.53 bits per heavy atom. The van der Waals surface area contributed by atoms with Gasteiger partial charge in [0.1, 0.15) is 0 Å². The number of hydrogen-bond donors (Lipinski definition) is 2. The molecule has 2 heterocycles. The van der Waals surface area contributed by atoms with Crippen LogP contribution >= 0.6 is 0 Å². The van der Waals surface area contributed by atoms with Crippen LogP contribution in [-0.4, -0.2) is 23.4 Å². The van der Waals surface area contributed by atoms with Crippen LogP contribution in [0.2, 0.25) is 0 Å². The molecule has 0 unspecified atom stereocenters. The normalized spacial score (nSPS) is 15.7. The van der Waals surface area contributed by atoms with Crippen molar-refractivity contribution in [2.24, 2.45) is 0 Å². The van der Waals surface area contributed by atoms with Gasteiger partial charge in [-0.2, -0.15) is 5.10 Å². The molecule has 4 heteroatoms. The van der Waals surface area contributed by atoms with Gasteiger partial charge in [0.05, 0.1) is 11.4 Å². The average molecular weight is 208 g/mol. The zero-order chi connectivity index (χ0) is 10.8. The number of nitrogens with zero attached hydrogens (tertiary/aromatic N) is 2. The molecule has 4 nitrogen and oxygen atoms in total. The minimum absolute atomic E-state index is 0.443. The highest BCUT2D eigenvalue weighted by molar-refractivity contribution is 5.29. The molecular formula is C11H20N4. The van der Waals surface area contributed by atoms with E-state index in [1.54, 1.807) is 0 Å². The second-order valence-electron chi connectivity index (χ2n) is 4.37. The van der Waals surface area contributed by atoms with Crippen LogP contribution in [0.4, 0.5) is 0 Å². The molecule has 0 bridgehead atoms. The summed E-state index contributed by atoms with van der Waals surface area (Å²) in [5.74, 6) is 0. The average Bonchev–Trinajstić information content (AvgIpc) is 2.58. The molecule has 0 radical (unpaired) electrons. The number of rotatable bonds is 3. The van der Waals surface area contributed by atoms with Gasteiger partial charge in [0.2, 0.25) is 0 Å². The summed E-state index contributed by atoms with van der Waals surface area (Å²) >= 11 is 0. The minimum Gasteiger partial charge on any atom is -0.314 e. The lowest BCUT2D eigenvalue weighted by atomic mass is 10.1. The van der Waals surface area contributed by atoms with Gasteiger partial charge in [-0.1, -0.05) is 0 Å². The fraction of sp³-hybridized carbons (Fsp3) is 0.727. The minimum atomic E-state index is 0.443. The second kappa shape index (κ2) is 4.33. The lowest BCUT2D eigenvalue weighted by molar-refractivity contribution is 0.496. The summed E-state index contributed by atoms with van der Waals surface area (Å²) in [4.78, 5) is 0. The predicted octanol–water partition coefficient (Wildman–Crippen LogP) is 0.829. The summed E-state index contributed by atoms with van der Waals surface area (Å²) < 4.78 is 2.16. The third-order valence-electron chi connectivity index (χ3n) is 2.88. The molecule has 84 valence electrons. The maximum absolute atomic E-state index is 4.68. The Balaban J connectivity index is 2.41. The van der Waals surface area contributed by atoms with E-state index in [1.807, 2.05) is 7.05 Å². The van der Waals surface area contributed by atoms with E-state index in [0.29, 0.717) is 6.04 Å². The van der Waals surface area contributed by atoms with Crippen LogP contribution in [0.5, 0.6) is 0 Å². The molecule has 0 saturated heterocycles. The van der Waals surface area contributed by atoms with Crippen LogP contribution in [-0.2, 0) is 19.5 Å². The van der Waals surface area contributed by atoms with E-state index in [4.69, 9.17) is 0 Å². The topological polar surface area (TPSA) is 41.9 Å². The zero-order valence-electron chi connectivity index (χ0n) is 9.80. The van der Waals surface area contributed by atoms with Gasteiger partial charge in [-0.25, -0.2) is 0 Å². The molecule has 1 aliphatic rings. The molecule has 2 rings (SSSR count). The molecular weight excluding hydrogens is 188 g/mol. The SMILES string of the molecule is CNCc1c2c(nn1C(C)C)CNCC2. The van der Waals surface area contributed by atoms with Crippen LogP contribution in [0, 0.1) is 0 Å². The fourth-order valence-electron chi connectivity index (χ4n) is 2.19. The largest absolute Gasteiger partial charge is 0.314 e. The van der Waals surface area contributed by atoms with Crippen molar-refractivity contribution in [1.29, 1.82) is 0 Å². The van der Waals surface area contributed by atoms with Crippen molar-refractivity contribution < 1.29 is 0 Å². The Hall–Kier alpha value is -0.870. The van der Waals surface area contributed by atoms with Gasteiger partial charge in [-0.15, -0.1) is 0 Å². The molecule has 0 atom stereocenters. The summed E-state index contributed by atoms with van der Waals surface area (Å²) in [6, 6.07) is 0.443. The third kappa shape index (κ3) is 1.92. The van der Waals surface area contributed by atoms with Gasteiger partial charge in [-0.3, -0.25) is 4.68 Å². The van der Waals surface area contributed by atoms with Crippen LogP contribution in [0.1, 0.15) is 36.8 Å². The maximum Gasteiger partial charge on any atom is 0.0798 e. The van der Waals surface area contributed by atoms with E-state index in [-0.39, 0.29) is 0 Å². The lowest BCUT2D eigenvalue weighted by Gasteiger charge is -2.14. The summed E-state index contributed by atoms with van der Waals surface area (Å²) in [5.41, 5.74) is 4.06.